The van der Waals surface area contributed by atoms with Crippen LogP contribution in [0.4, 0.5) is 0 Å². The summed E-state index contributed by atoms with van der Waals surface area (Å²) in [5.41, 5.74) is -0.779. The molecule has 4 nitrogen and oxygen atoms in total. The first kappa shape index (κ1) is 14.6. The third-order valence-corrected chi connectivity index (χ3v) is 3.81. The maximum absolute atomic E-state index is 11.5. The van der Waals surface area contributed by atoms with E-state index in [0.717, 1.165) is 12.8 Å². The highest BCUT2D eigenvalue weighted by Crippen LogP contribution is 2.38. The Bertz CT molecular complexity index is 349. The maximum atomic E-state index is 11.5. The second-order valence-corrected chi connectivity index (χ2v) is 5.25. The molecule has 4 heteroatoms. The lowest BCUT2D eigenvalue weighted by Gasteiger charge is -2.35. The fourth-order valence-electron chi connectivity index (χ4n) is 2.32. The van der Waals surface area contributed by atoms with E-state index in [-0.39, 0.29) is 18.9 Å². The predicted octanol–water partition coefficient (Wildman–Crippen LogP) is 1.80. The summed E-state index contributed by atoms with van der Waals surface area (Å²) in [4.78, 5) is 22.9. The fourth-order valence-corrected chi connectivity index (χ4v) is 2.32. The zero-order valence-electron chi connectivity index (χ0n) is 10.9. The molecule has 0 spiro atoms. The summed E-state index contributed by atoms with van der Waals surface area (Å²) in [7, 11) is 0. The van der Waals surface area contributed by atoms with Crippen molar-refractivity contribution in [2.45, 2.75) is 45.4 Å². The van der Waals surface area contributed by atoms with Gasteiger partial charge in [0.1, 0.15) is 0 Å². The third kappa shape index (κ3) is 3.76. The molecule has 0 heterocycles. The zero-order chi connectivity index (χ0) is 13.6. The quantitative estimate of drug-likeness (QED) is 0.732. The molecule has 0 unspecified atom stereocenters. The predicted molar refractivity (Wildman–Crippen MR) is 68.8 cm³/mol. The van der Waals surface area contributed by atoms with Crippen molar-refractivity contribution in [1.82, 2.24) is 5.32 Å². The van der Waals surface area contributed by atoms with Gasteiger partial charge >= 0.3 is 5.97 Å². The molecule has 1 fully saturated rings. The molecular formula is C14H21NO3. The van der Waals surface area contributed by atoms with E-state index in [1.54, 1.807) is 0 Å². The van der Waals surface area contributed by atoms with Gasteiger partial charge in [-0.1, -0.05) is 6.92 Å². The molecule has 0 bridgehead atoms. The van der Waals surface area contributed by atoms with Crippen molar-refractivity contribution in [2.24, 2.45) is 11.3 Å². The van der Waals surface area contributed by atoms with E-state index >= 15 is 0 Å². The average Bonchev–Trinajstić information content (AvgIpc) is 2.35. The Labute approximate surface area is 108 Å². The number of aliphatic carboxylic acids is 1. The Morgan fingerprint density at radius 3 is 2.56 bits per heavy atom. The molecule has 0 saturated heterocycles. The van der Waals surface area contributed by atoms with Gasteiger partial charge in [0, 0.05) is 19.4 Å². The van der Waals surface area contributed by atoms with E-state index < -0.39 is 11.4 Å². The van der Waals surface area contributed by atoms with Crippen LogP contribution in [0.3, 0.4) is 0 Å². The first-order valence-electron chi connectivity index (χ1n) is 6.44. The zero-order valence-corrected chi connectivity index (χ0v) is 10.9. The third-order valence-electron chi connectivity index (χ3n) is 3.81. The Morgan fingerprint density at radius 1 is 1.44 bits per heavy atom. The van der Waals surface area contributed by atoms with Crippen LogP contribution >= 0.6 is 0 Å². The SMILES string of the molecule is C#CCCC(=O)NCC1(C(=O)O)CCC(C)CC1. The minimum Gasteiger partial charge on any atom is -0.481 e. The fraction of sp³-hybridized carbons (Fsp3) is 0.714. The molecule has 1 aliphatic carbocycles. The summed E-state index contributed by atoms with van der Waals surface area (Å²) >= 11 is 0. The van der Waals surface area contributed by atoms with Crippen molar-refractivity contribution >= 4 is 11.9 Å². The normalized spacial score (nSPS) is 27.2. The van der Waals surface area contributed by atoms with Gasteiger partial charge in [0.2, 0.25) is 5.91 Å². The van der Waals surface area contributed by atoms with Crippen molar-refractivity contribution in [2.75, 3.05) is 6.54 Å². The van der Waals surface area contributed by atoms with Crippen molar-refractivity contribution in [3.63, 3.8) is 0 Å². The van der Waals surface area contributed by atoms with Crippen molar-refractivity contribution < 1.29 is 14.7 Å². The molecule has 1 amide bonds. The van der Waals surface area contributed by atoms with Crippen molar-refractivity contribution in [3.05, 3.63) is 0 Å². The number of hydrogen-bond donors (Lipinski definition) is 2. The highest BCUT2D eigenvalue weighted by Gasteiger charge is 2.41. The van der Waals surface area contributed by atoms with Gasteiger partial charge in [0.15, 0.2) is 0 Å². The lowest BCUT2D eigenvalue weighted by Crippen LogP contribution is -2.45. The topological polar surface area (TPSA) is 66.4 Å². The standard InChI is InChI=1S/C14H21NO3/c1-3-4-5-12(16)15-10-14(13(17)18)8-6-11(2)7-9-14/h1,11H,4-10H2,2H3,(H,15,16)(H,17,18). The van der Waals surface area contributed by atoms with E-state index in [4.69, 9.17) is 6.42 Å². The van der Waals surface area contributed by atoms with Crippen LogP contribution in [0.1, 0.15) is 45.4 Å². The Hall–Kier alpha value is -1.50. The number of nitrogens with one attached hydrogen (secondary N) is 1. The number of carbonyl (C=O) groups is 2. The van der Waals surface area contributed by atoms with E-state index in [0.29, 0.717) is 25.2 Å². The summed E-state index contributed by atoms with van der Waals surface area (Å²) in [6.45, 7) is 2.36. The number of rotatable bonds is 5. The molecule has 0 aliphatic heterocycles. The van der Waals surface area contributed by atoms with Gasteiger partial charge in [0.25, 0.3) is 0 Å². The maximum Gasteiger partial charge on any atom is 0.311 e. The Kier molecular flexibility index (Phi) is 5.21. The molecule has 100 valence electrons. The van der Waals surface area contributed by atoms with Gasteiger partial charge in [-0.15, -0.1) is 12.3 Å². The molecule has 18 heavy (non-hydrogen) atoms. The van der Waals surface area contributed by atoms with Gasteiger partial charge in [-0.05, 0) is 31.6 Å². The minimum absolute atomic E-state index is 0.160. The summed E-state index contributed by atoms with van der Waals surface area (Å²) in [5, 5.41) is 12.1. The van der Waals surface area contributed by atoms with E-state index in [9.17, 15) is 14.7 Å². The molecule has 0 aromatic rings. The van der Waals surface area contributed by atoms with Crippen LogP contribution in [-0.2, 0) is 9.59 Å². The molecule has 1 saturated carbocycles. The summed E-state index contributed by atoms with van der Waals surface area (Å²) < 4.78 is 0. The summed E-state index contributed by atoms with van der Waals surface area (Å²) in [6, 6.07) is 0. The summed E-state index contributed by atoms with van der Waals surface area (Å²) in [6.07, 6.45) is 8.83. The van der Waals surface area contributed by atoms with Crippen molar-refractivity contribution in [1.29, 1.82) is 0 Å². The van der Waals surface area contributed by atoms with Crippen LogP contribution in [0.25, 0.3) is 0 Å². The molecular weight excluding hydrogens is 230 g/mol. The lowest BCUT2D eigenvalue weighted by atomic mass is 9.71. The number of amides is 1. The number of carboxylic acid groups (broad SMARTS) is 1. The second-order valence-electron chi connectivity index (χ2n) is 5.25. The first-order valence-corrected chi connectivity index (χ1v) is 6.44. The van der Waals surface area contributed by atoms with Crippen molar-refractivity contribution in [3.8, 4) is 12.3 Å². The molecule has 0 atom stereocenters. The second kappa shape index (κ2) is 6.44. The van der Waals surface area contributed by atoms with Crippen LogP contribution < -0.4 is 5.32 Å². The molecule has 0 aromatic heterocycles. The van der Waals surface area contributed by atoms with Crippen LogP contribution in [0, 0.1) is 23.7 Å². The largest absolute Gasteiger partial charge is 0.481 e. The average molecular weight is 251 g/mol. The van der Waals surface area contributed by atoms with Gasteiger partial charge in [-0.25, -0.2) is 0 Å². The van der Waals surface area contributed by atoms with Gasteiger partial charge in [0.05, 0.1) is 5.41 Å². The molecule has 2 N–H and O–H groups in total. The summed E-state index contributed by atoms with van der Waals surface area (Å²) in [5.74, 6) is 2.02. The van der Waals surface area contributed by atoms with Crippen LogP contribution in [0.2, 0.25) is 0 Å². The van der Waals surface area contributed by atoms with Gasteiger partial charge < -0.3 is 10.4 Å². The lowest BCUT2D eigenvalue weighted by molar-refractivity contribution is -0.151. The minimum atomic E-state index is -0.799. The molecule has 1 aliphatic rings. The van der Waals surface area contributed by atoms with Gasteiger partial charge in [-0.3, -0.25) is 9.59 Å². The van der Waals surface area contributed by atoms with E-state index in [1.165, 1.54) is 0 Å². The van der Waals surface area contributed by atoms with E-state index in [2.05, 4.69) is 18.2 Å². The number of hydrogen-bond acceptors (Lipinski definition) is 2. The number of carboxylic acids is 1. The number of carbonyl (C=O) groups excluding carboxylic acids is 1. The first-order chi connectivity index (χ1) is 8.50. The highest BCUT2D eigenvalue weighted by atomic mass is 16.4. The smallest absolute Gasteiger partial charge is 0.311 e. The van der Waals surface area contributed by atoms with Crippen LogP contribution in [0.15, 0.2) is 0 Å². The molecule has 0 radical (unpaired) electrons. The molecule has 0 aromatic carbocycles. The van der Waals surface area contributed by atoms with E-state index in [1.807, 2.05) is 0 Å². The monoisotopic (exact) mass is 251 g/mol. The van der Waals surface area contributed by atoms with Crippen LogP contribution in [-0.4, -0.2) is 23.5 Å². The Morgan fingerprint density at radius 2 is 2.06 bits per heavy atom. The van der Waals surface area contributed by atoms with Gasteiger partial charge in [-0.2, -0.15) is 0 Å². The Balaban J connectivity index is 2.51. The molecule has 1 rings (SSSR count). The highest BCUT2D eigenvalue weighted by molar-refractivity contribution is 5.79. The number of terminal acetylenes is 1. The van der Waals surface area contributed by atoms with Crippen LogP contribution in [0.5, 0.6) is 0 Å².